The third-order valence-corrected chi connectivity index (χ3v) is 3.75. The minimum absolute atomic E-state index is 0.484. The summed E-state index contributed by atoms with van der Waals surface area (Å²) in [5.41, 5.74) is 1.68. The number of nitrogens with one attached hydrogen (secondary N) is 2. The summed E-state index contributed by atoms with van der Waals surface area (Å²) in [5, 5.41) is 7.60. The first kappa shape index (κ1) is 14.6. The van der Waals surface area contributed by atoms with E-state index >= 15 is 0 Å². The molecule has 0 spiro atoms. The average molecular weight is 376 g/mol. The Kier molecular flexibility index (Phi) is 5.05. The van der Waals surface area contributed by atoms with Crippen LogP contribution in [0.15, 0.2) is 46.9 Å². The highest BCUT2D eigenvalue weighted by atomic mass is 79.9. The quantitative estimate of drug-likeness (QED) is 0.671. The van der Waals surface area contributed by atoms with Crippen molar-refractivity contribution in [1.29, 1.82) is 0 Å². The van der Waals surface area contributed by atoms with E-state index in [0.717, 1.165) is 15.8 Å². The molecule has 2 aromatic carbocycles. The van der Waals surface area contributed by atoms with E-state index in [0.29, 0.717) is 15.2 Å². The van der Waals surface area contributed by atoms with Gasteiger partial charge < -0.3 is 10.6 Å². The summed E-state index contributed by atoms with van der Waals surface area (Å²) in [7, 11) is 0. The SMILES string of the molecule is S=C(Nc1ccc(Br)cc1)Nc1ccc(Cl)c(Cl)c1. The zero-order valence-electron chi connectivity index (χ0n) is 9.58. The lowest BCUT2D eigenvalue weighted by Crippen LogP contribution is -2.18. The fourth-order valence-corrected chi connectivity index (χ4v) is 2.20. The summed E-state index contributed by atoms with van der Waals surface area (Å²) >= 11 is 20.4. The molecule has 0 atom stereocenters. The molecule has 0 saturated carbocycles. The van der Waals surface area contributed by atoms with Crippen LogP contribution in [0.25, 0.3) is 0 Å². The molecule has 0 amide bonds. The number of hydrogen-bond acceptors (Lipinski definition) is 1. The van der Waals surface area contributed by atoms with E-state index in [4.69, 9.17) is 35.4 Å². The molecule has 0 aromatic heterocycles. The minimum atomic E-state index is 0.484. The third kappa shape index (κ3) is 4.35. The van der Waals surface area contributed by atoms with Crippen LogP contribution in [0.1, 0.15) is 0 Å². The molecule has 0 fully saturated rings. The molecule has 0 aliphatic carbocycles. The summed E-state index contributed by atoms with van der Waals surface area (Å²) in [6.45, 7) is 0. The fourth-order valence-electron chi connectivity index (χ4n) is 1.40. The molecule has 0 saturated heterocycles. The van der Waals surface area contributed by atoms with Crippen molar-refractivity contribution < 1.29 is 0 Å². The average Bonchev–Trinajstić information content (AvgIpc) is 2.37. The lowest BCUT2D eigenvalue weighted by molar-refractivity contribution is 1.58. The summed E-state index contributed by atoms with van der Waals surface area (Å²) in [4.78, 5) is 0. The Balaban J connectivity index is 2.01. The first-order valence-electron chi connectivity index (χ1n) is 5.33. The molecule has 2 N–H and O–H groups in total. The standard InChI is InChI=1S/C13H9BrCl2N2S/c14-8-1-3-9(4-2-8)17-13(19)18-10-5-6-11(15)12(16)7-10/h1-7H,(H2,17,18,19). The smallest absolute Gasteiger partial charge is 0.175 e. The van der Waals surface area contributed by atoms with Crippen molar-refractivity contribution in [2.24, 2.45) is 0 Å². The Labute approximate surface area is 135 Å². The van der Waals surface area contributed by atoms with Crippen LogP contribution in [0.2, 0.25) is 10.0 Å². The summed E-state index contributed by atoms with van der Waals surface area (Å²) in [6, 6.07) is 13.0. The molecule has 2 aromatic rings. The van der Waals surface area contributed by atoms with Crippen molar-refractivity contribution in [3.63, 3.8) is 0 Å². The maximum absolute atomic E-state index is 5.93. The molecule has 0 aliphatic heterocycles. The Morgan fingerprint density at radius 2 is 1.47 bits per heavy atom. The van der Waals surface area contributed by atoms with Gasteiger partial charge in [0.15, 0.2) is 5.11 Å². The van der Waals surface area contributed by atoms with E-state index in [-0.39, 0.29) is 0 Å². The lowest BCUT2D eigenvalue weighted by Gasteiger charge is -2.11. The van der Waals surface area contributed by atoms with Crippen LogP contribution in [-0.2, 0) is 0 Å². The monoisotopic (exact) mass is 374 g/mol. The summed E-state index contributed by atoms with van der Waals surface area (Å²) in [6.07, 6.45) is 0. The van der Waals surface area contributed by atoms with Gasteiger partial charge >= 0.3 is 0 Å². The Morgan fingerprint density at radius 1 is 0.895 bits per heavy atom. The van der Waals surface area contributed by atoms with Crippen LogP contribution < -0.4 is 10.6 Å². The van der Waals surface area contributed by atoms with Gasteiger partial charge in [0, 0.05) is 15.8 Å². The van der Waals surface area contributed by atoms with Gasteiger partial charge in [0.25, 0.3) is 0 Å². The zero-order valence-corrected chi connectivity index (χ0v) is 13.5. The van der Waals surface area contributed by atoms with E-state index < -0.39 is 0 Å². The van der Waals surface area contributed by atoms with Gasteiger partial charge in [-0.15, -0.1) is 0 Å². The highest BCUT2D eigenvalue weighted by molar-refractivity contribution is 9.10. The lowest BCUT2D eigenvalue weighted by atomic mass is 10.3. The molecule has 0 bridgehead atoms. The zero-order chi connectivity index (χ0) is 13.8. The van der Waals surface area contributed by atoms with Gasteiger partial charge in [-0.2, -0.15) is 0 Å². The van der Waals surface area contributed by atoms with E-state index in [1.807, 2.05) is 30.3 Å². The van der Waals surface area contributed by atoms with Crippen LogP contribution in [-0.4, -0.2) is 5.11 Å². The second-order valence-electron chi connectivity index (χ2n) is 3.71. The predicted octanol–water partition coefficient (Wildman–Crippen LogP) is 5.56. The number of thiocarbonyl (C=S) groups is 1. The van der Waals surface area contributed by atoms with Crippen LogP contribution in [0.5, 0.6) is 0 Å². The van der Waals surface area contributed by atoms with Crippen molar-refractivity contribution >= 4 is 67.8 Å². The van der Waals surface area contributed by atoms with Gasteiger partial charge in [0.05, 0.1) is 10.0 Å². The van der Waals surface area contributed by atoms with Crippen molar-refractivity contribution in [3.05, 3.63) is 57.0 Å². The normalized spacial score (nSPS) is 10.1. The van der Waals surface area contributed by atoms with Gasteiger partial charge in [0.1, 0.15) is 0 Å². The van der Waals surface area contributed by atoms with Crippen molar-refractivity contribution in [2.45, 2.75) is 0 Å². The molecular formula is C13H9BrCl2N2S. The Hall–Kier alpha value is -0.810. The fraction of sp³-hybridized carbons (Fsp3) is 0. The third-order valence-electron chi connectivity index (χ3n) is 2.28. The topological polar surface area (TPSA) is 24.1 Å². The summed E-state index contributed by atoms with van der Waals surface area (Å²) < 4.78 is 1.02. The molecule has 2 nitrogen and oxygen atoms in total. The number of halogens is 3. The highest BCUT2D eigenvalue weighted by Gasteiger charge is 2.02. The van der Waals surface area contributed by atoms with E-state index in [1.165, 1.54) is 0 Å². The van der Waals surface area contributed by atoms with Crippen LogP contribution in [0.3, 0.4) is 0 Å². The number of anilines is 2. The van der Waals surface area contributed by atoms with Gasteiger partial charge in [-0.05, 0) is 54.7 Å². The number of hydrogen-bond donors (Lipinski definition) is 2. The molecule has 2 rings (SSSR count). The molecular weight excluding hydrogens is 367 g/mol. The van der Waals surface area contributed by atoms with E-state index in [1.54, 1.807) is 12.1 Å². The minimum Gasteiger partial charge on any atom is -0.332 e. The molecule has 98 valence electrons. The maximum Gasteiger partial charge on any atom is 0.175 e. The van der Waals surface area contributed by atoms with Gasteiger partial charge in [-0.1, -0.05) is 39.1 Å². The first-order chi connectivity index (χ1) is 9.04. The van der Waals surface area contributed by atoms with Crippen molar-refractivity contribution in [1.82, 2.24) is 0 Å². The summed E-state index contributed by atoms with van der Waals surface area (Å²) in [5.74, 6) is 0. The molecule has 0 aliphatic rings. The predicted molar refractivity (Wildman–Crippen MR) is 90.4 cm³/mol. The molecule has 0 heterocycles. The Morgan fingerprint density at radius 3 is 2.11 bits per heavy atom. The molecule has 6 heteroatoms. The first-order valence-corrected chi connectivity index (χ1v) is 7.29. The van der Waals surface area contributed by atoms with Crippen LogP contribution >= 0.6 is 51.3 Å². The number of benzene rings is 2. The second-order valence-corrected chi connectivity index (χ2v) is 5.85. The van der Waals surface area contributed by atoms with Gasteiger partial charge in [0.2, 0.25) is 0 Å². The Bertz CT molecular complexity index is 602. The van der Waals surface area contributed by atoms with Crippen LogP contribution in [0.4, 0.5) is 11.4 Å². The molecule has 0 radical (unpaired) electrons. The number of rotatable bonds is 2. The van der Waals surface area contributed by atoms with Gasteiger partial charge in [-0.3, -0.25) is 0 Å². The second kappa shape index (κ2) is 6.57. The highest BCUT2D eigenvalue weighted by Crippen LogP contribution is 2.25. The van der Waals surface area contributed by atoms with E-state index in [2.05, 4.69) is 26.6 Å². The van der Waals surface area contributed by atoms with Crippen molar-refractivity contribution in [3.8, 4) is 0 Å². The maximum atomic E-state index is 5.93. The van der Waals surface area contributed by atoms with Crippen LogP contribution in [0, 0.1) is 0 Å². The van der Waals surface area contributed by atoms with E-state index in [9.17, 15) is 0 Å². The van der Waals surface area contributed by atoms with Crippen molar-refractivity contribution in [2.75, 3.05) is 10.6 Å². The largest absolute Gasteiger partial charge is 0.332 e. The molecule has 0 unspecified atom stereocenters. The molecule has 19 heavy (non-hydrogen) atoms. The van der Waals surface area contributed by atoms with Gasteiger partial charge in [-0.25, -0.2) is 0 Å².